The molecule has 1 saturated heterocycles. The van der Waals surface area contributed by atoms with Crippen LogP contribution in [0.5, 0.6) is 5.75 Å². The van der Waals surface area contributed by atoms with Crippen LogP contribution >= 0.6 is 0 Å². The molecule has 7 nitrogen and oxygen atoms in total. The Hall–Kier alpha value is -3.87. The molecule has 2 aromatic carbocycles. The van der Waals surface area contributed by atoms with Crippen molar-refractivity contribution in [2.24, 2.45) is 5.92 Å². The summed E-state index contributed by atoms with van der Waals surface area (Å²) in [7, 11) is 1.66. The minimum Gasteiger partial charge on any atom is -0.497 e. The first-order chi connectivity index (χ1) is 16.9. The molecule has 1 aliphatic rings. The van der Waals surface area contributed by atoms with Crippen LogP contribution in [0.4, 0.5) is 11.5 Å². The first-order valence-corrected chi connectivity index (χ1v) is 12.1. The molecule has 7 heteroatoms. The van der Waals surface area contributed by atoms with Gasteiger partial charge in [0, 0.05) is 48.1 Å². The molecule has 5 rings (SSSR count). The van der Waals surface area contributed by atoms with Gasteiger partial charge in [-0.2, -0.15) is 9.61 Å². The summed E-state index contributed by atoms with van der Waals surface area (Å²) in [6.07, 6.45) is 1.60. The molecule has 0 aliphatic carbocycles. The molecule has 1 aliphatic heterocycles. The summed E-state index contributed by atoms with van der Waals surface area (Å²) in [6, 6.07) is 18.1. The molecule has 3 heterocycles. The summed E-state index contributed by atoms with van der Waals surface area (Å²) in [5.74, 6) is 1.93. The van der Waals surface area contributed by atoms with Crippen LogP contribution in [0.25, 0.3) is 16.9 Å². The van der Waals surface area contributed by atoms with Crippen molar-refractivity contribution in [1.29, 1.82) is 0 Å². The van der Waals surface area contributed by atoms with Gasteiger partial charge in [0.25, 0.3) is 0 Å². The number of hydrogen-bond donors (Lipinski definition) is 1. The van der Waals surface area contributed by atoms with Crippen molar-refractivity contribution < 1.29 is 9.53 Å². The highest BCUT2D eigenvalue weighted by Gasteiger charge is 2.27. The molecule has 1 fully saturated rings. The molecule has 35 heavy (non-hydrogen) atoms. The Bertz CT molecular complexity index is 1370. The molecule has 2 aromatic heterocycles. The van der Waals surface area contributed by atoms with Gasteiger partial charge in [0.1, 0.15) is 11.6 Å². The highest BCUT2D eigenvalue weighted by molar-refractivity contribution is 5.93. The van der Waals surface area contributed by atoms with Crippen LogP contribution in [-0.4, -0.2) is 40.7 Å². The van der Waals surface area contributed by atoms with Crippen LogP contribution in [0.3, 0.4) is 0 Å². The smallest absolute Gasteiger partial charge is 0.227 e. The molecule has 0 unspecified atom stereocenters. The molecule has 0 radical (unpaired) electrons. The number of carbonyl (C=O) groups is 1. The number of piperidine rings is 1. The number of nitrogens with zero attached hydrogens (tertiary/aromatic N) is 4. The number of amides is 1. The molecular formula is C28H31N5O2. The van der Waals surface area contributed by atoms with E-state index in [1.165, 1.54) is 5.56 Å². The summed E-state index contributed by atoms with van der Waals surface area (Å²) in [5.41, 5.74) is 6.84. The van der Waals surface area contributed by atoms with Crippen molar-refractivity contribution >= 4 is 23.1 Å². The van der Waals surface area contributed by atoms with Gasteiger partial charge in [0.15, 0.2) is 5.65 Å². The fraction of sp³-hybridized carbons (Fsp3) is 0.321. The average Bonchev–Trinajstić information content (AvgIpc) is 3.29. The summed E-state index contributed by atoms with van der Waals surface area (Å²) in [4.78, 5) is 20.0. The first kappa shape index (κ1) is 22.9. The van der Waals surface area contributed by atoms with E-state index in [2.05, 4.69) is 29.3 Å². The Morgan fingerprint density at radius 1 is 1.00 bits per heavy atom. The van der Waals surface area contributed by atoms with Crippen molar-refractivity contribution in [1.82, 2.24) is 14.6 Å². The quantitative estimate of drug-likeness (QED) is 0.436. The number of aryl methyl sites for hydroxylation is 3. The number of aromatic nitrogens is 3. The first-order valence-electron chi connectivity index (χ1n) is 12.1. The zero-order chi connectivity index (χ0) is 24.5. The minimum atomic E-state index is -0.00198. The number of ether oxygens (including phenoxy) is 1. The lowest BCUT2D eigenvalue weighted by Gasteiger charge is -2.33. The van der Waals surface area contributed by atoms with Gasteiger partial charge < -0.3 is 15.0 Å². The molecule has 0 atom stereocenters. The third-order valence-electron chi connectivity index (χ3n) is 6.75. The highest BCUT2D eigenvalue weighted by Crippen LogP contribution is 2.28. The Morgan fingerprint density at radius 2 is 1.74 bits per heavy atom. The topological polar surface area (TPSA) is 71.8 Å². The van der Waals surface area contributed by atoms with Crippen LogP contribution in [0.1, 0.15) is 29.7 Å². The fourth-order valence-corrected chi connectivity index (χ4v) is 4.77. The largest absolute Gasteiger partial charge is 0.497 e. The van der Waals surface area contributed by atoms with E-state index in [9.17, 15) is 4.79 Å². The van der Waals surface area contributed by atoms with E-state index < -0.39 is 0 Å². The Balaban J connectivity index is 1.32. The Kier molecular flexibility index (Phi) is 6.16. The Morgan fingerprint density at radius 3 is 2.43 bits per heavy atom. The van der Waals surface area contributed by atoms with Crippen molar-refractivity contribution in [3.63, 3.8) is 0 Å². The molecule has 1 N–H and O–H groups in total. The number of rotatable bonds is 5. The molecule has 0 bridgehead atoms. The van der Waals surface area contributed by atoms with Gasteiger partial charge >= 0.3 is 0 Å². The van der Waals surface area contributed by atoms with Gasteiger partial charge in [-0.05, 0) is 69.5 Å². The number of anilines is 2. The second-order valence-electron chi connectivity index (χ2n) is 9.35. The maximum Gasteiger partial charge on any atom is 0.227 e. The summed E-state index contributed by atoms with van der Waals surface area (Å²) >= 11 is 0. The normalized spacial score (nSPS) is 14.3. The van der Waals surface area contributed by atoms with Crippen LogP contribution < -0.4 is 15.0 Å². The molecule has 4 aromatic rings. The maximum atomic E-state index is 13.0. The molecule has 1 amide bonds. The number of nitrogens with one attached hydrogen (secondary N) is 1. The number of benzene rings is 2. The Labute approximate surface area is 205 Å². The predicted molar refractivity (Wildman–Crippen MR) is 139 cm³/mol. The van der Waals surface area contributed by atoms with Gasteiger partial charge in [-0.3, -0.25) is 4.79 Å². The van der Waals surface area contributed by atoms with Crippen molar-refractivity contribution in [3.8, 4) is 17.0 Å². The van der Waals surface area contributed by atoms with E-state index in [1.54, 1.807) is 7.11 Å². The lowest BCUT2D eigenvalue weighted by Crippen LogP contribution is -2.39. The average molecular weight is 470 g/mol. The van der Waals surface area contributed by atoms with E-state index in [-0.39, 0.29) is 11.8 Å². The van der Waals surface area contributed by atoms with E-state index >= 15 is 0 Å². The maximum absolute atomic E-state index is 13.0. The van der Waals surface area contributed by atoms with E-state index in [0.29, 0.717) is 0 Å². The van der Waals surface area contributed by atoms with Gasteiger partial charge in [-0.25, -0.2) is 4.98 Å². The fourth-order valence-electron chi connectivity index (χ4n) is 4.77. The minimum absolute atomic E-state index is 0.00198. The summed E-state index contributed by atoms with van der Waals surface area (Å²) in [5, 5.41) is 8.01. The second kappa shape index (κ2) is 9.41. The molecule has 180 valence electrons. The van der Waals surface area contributed by atoms with Crippen LogP contribution in [0, 0.1) is 26.7 Å². The summed E-state index contributed by atoms with van der Waals surface area (Å²) in [6.45, 7) is 7.69. The SMILES string of the molecule is COc1ccc(-c2cc3nc(C)cc(N4CCC(C(=O)Nc5ccc(C)cc5C)CC4)n3n2)cc1. The van der Waals surface area contributed by atoms with Crippen molar-refractivity contribution in [2.75, 3.05) is 30.4 Å². The van der Waals surface area contributed by atoms with Crippen LogP contribution in [-0.2, 0) is 4.79 Å². The van der Waals surface area contributed by atoms with Crippen LogP contribution in [0.15, 0.2) is 54.6 Å². The van der Waals surface area contributed by atoms with Gasteiger partial charge in [0.2, 0.25) is 5.91 Å². The third kappa shape index (κ3) is 4.71. The molecule has 0 saturated carbocycles. The molecule has 0 spiro atoms. The second-order valence-corrected chi connectivity index (χ2v) is 9.35. The monoisotopic (exact) mass is 469 g/mol. The number of hydrogen-bond acceptors (Lipinski definition) is 5. The zero-order valence-corrected chi connectivity index (χ0v) is 20.7. The van der Waals surface area contributed by atoms with Gasteiger partial charge in [0.05, 0.1) is 12.8 Å². The lowest BCUT2D eigenvalue weighted by atomic mass is 9.95. The summed E-state index contributed by atoms with van der Waals surface area (Å²) < 4.78 is 7.19. The third-order valence-corrected chi connectivity index (χ3v) is 6.75. The lowest BCUT2D eigenvalue weighted by molar-refractivity contribution is -0.120. The number of fused-ring (bicyclic) bond motifs is 1. The standard InChI is InChI=1S/C28H31N5O2/c1-18-5-10-24(19(2)15-18)30-28(34)22-11-13-32(14-12-22)27-16-20(3)29-26-17-25(31-33(26)27)21-6-8-23(35-4)9-7-21/h5-10,15-17,22H,11-14H2,1-4H3,(H,30,34). The van der Waals surface area contributed by atoms with E-state index in [0.717, 1.165) is 71.3 Å². The van der Waals surface area contributed by atoms with E-state index in [1.807, 2.05) is 60.8 Å². The van der Waals surface area contributed by atoms with Crippen LogP contribution in [0.2, 0.25) is 0 Å². The predicted octanol–water partition coefficient (Wildman–Crippen LogP) is 5.19. The number of methoxy groups -OCH3 is 1. The molecular weight excluding hydrogens is 438 g/mol. The van der Waals surface area contributed by atoms with Crippen molar-refractivity contribution in [2.45, 2.75) is 33.6 Å². The zero-order valence-electron chi connectivity index (χ0n) is 20.7. The number of carbonyl (C=O) groups excluding carboxylic acids is 1. The van der Waals surface area contributed by atoms with E-state index in [4.69, 9.17) is 14.8 Å². The highest BCUT2D eigenvalue weighted by atomic mass is 16.5. The van der Waals surface area contributed by atoms with Gasteiger partial charge in [-0.15, -0.1) is 0 Å². The van der Waals surface area contributed by atoms with Gasteiger partial charge in [-0.1, -0.05) is 17.7 Å². The van der Waals surface area contributed by atoms with Crippen molar-refractivity contribution in [3.05, 3.63) is 71.4 Å².